The van der Waals surface area contributed by atoms with Gasteiger partial charge in [-0.1, -0.05) is 13.8 Å². The second kappa shape index (κ2) is 9.91. The number of benzene rings is 1. The van der Waals surface area contributed by atoms with Crippen LogP contribution in [-0.4, -0.2) is 52.4 Å². The van der Waals surface area contributed by atoms with Gasteiger partial charge in [0.05, 0.1) is 24.7 Å². The molecule has 8 nitrogen and oxygen atoms in total. The molecule has 0 radical (unpaired) electrons. The van der Waals surface area contributed by atoms with E-state index in [1.165, 1.54) is 23.5 Å². The number of amides is 1. The Hall–Kier alpha value is -2.36. The minimum atomic E-state index is -3.64. The van der Waals surface area contributed by atoms with Gasteiger partial charge in [0.2, 0.25) is 10.0 Å². The smallest absolute Gasteiger partial charge is 0.279 e. The fourth-order valence-corrected chi connectivity index (χ4v) is 4.55. The van der Waals surface area contributed by atoms with E-state index in [2.05, 4.69) is 5.32 Å². The van der Waals surface area contributed by atoms with Crippen molar-refractivity contribution in [2.45, 2.75) is 32.2 Å². The first-order chi connectivity index (χ1) is 13.7. The highest BCUT2D eigenvalue weighted by atomic mass is 32.2. The number of ether oxygens (including phenoxy) is 1. The van der Waals surface area contributed by atoms with Gasteiger partial charge in [0.1, 0.15) is 18.1 Å². The highest BCUT2D eigenvalue weighted by molar-refractivity contribution is 7.89. The van der Waals surface area contributed by atoms with Crippen LogP contribution in [0.4, 0.5) is 5.69 Å². The molecule has 2 N–H and O–H groups in total. The normalized spacial score (nSPS) is 12.8. The summed E-state index contributed by atoms with van der Waals surface area (Å²) in [6.45, 7) is 6.93. The van der Waals surface area contributed by atoms with Crippen molar-refractivity contribution in [1.82, 2.24) is 4.31 Å². The molecule has 0 saturated heterocycles. The molecule has 1 unspecified atom stereocenters. The van der Waals surface area contributed by atoms with E-state index >= 15 is 0 Å². The molecule has 0 aliphatic heterocycles. The lowest BCUT2D eigenvalue weighted by atomic mass is 10.3. The number of methoxy groups -OCH3 is 1. The Morgan fingerprint density at radius 2 is 1.90 bits per heavy atom. The number of furan rings is 1. The number of carbonyl (C=O) groups excluding carboxylic acids is 1. The van der Waals surface area contributed by atoms with Crippen LogP contribution in [0.15, 0.2) is 39.6 Å². The molecule has 0 spiro atoms. The molecule has 1 aromatic heterocycles. The van der Waals surface area contributed by atoms with E-state index in [4.69, 9.17) is 9.15 Å². The third-order valence-electron chi connectivity index (χ3n) is 4.52. The van der Waals surface area contributed by atoms with Crippen molar-refractivity contribution in [3.63, 3.8) is 0 Å². The van der Waals surface area contributed by atoms with Crippen LogP contribution in [0, 0.1) is 6.92 Å². The SMILES string of the molecule is CCN(CC)S(=O)(=O)c1ccc(OC)c(NC(=O)C[NH+](C)Cc2ccc(C)o2)c1. The molecule has 0 aliphatic carbocycles. The lowest BCUT2D eigenvalue weighted by molar-refractivity contribution is -0.886. The quantitative estimate of drug-likeness (QED) is 0.599. The Morgan fingerprint density at radius 3 is 2.45 bits per heavy atom. The topological polar surface area (TPSA) is 93.3 Å². The summed E-state index contributed by atoms with van der Waals surface area (Å²) in [4.78, 5) is 13.6. The number of nitrogens with zero attached hydrogens (tertiary/aromatic N) is 1. The van der Waals surface area contributed by atoms with E-state index in [-0.39, 0.29) is 17.3 Å². The zero-order chi connectivity index (χ0) is 21.6. The Labute approximate surface area is 172 Å². The predicted molar refractivity (Wildman–Crippen MR) is 111 cm³/mol. The van der Waals surface area contributed by atoms with Gasteiger partial charge in [0.25, 0.3) is 5.91 Å². The predicted octanol–water partition coefficient (Wildman–Crippen LogP) is 1.28. The summed E-state index contributed by atoms with van der Waals surface area (Å²) in [6, 6.07) is 8.25. The Morgan fingerprint density at radius 1 is 1.21 bits per heavy atom. The monoisotopic (exact) mass is 424 g/mol. The van der Waals surface area contributed by atoms with Crippen LogP contribution in [0.25, 0.3) is 0 Å². The molecule has 2 aromatic rings. The number of nitrogens with one attached hydrogen (secondary N) is 2. The van der Waals surface area contributed by atoms with Gasteiger partial charge < -0.3 is 19.4 Å². The van der Waals surface area contributed by atoms with Crippen molar-refractivity contribution < 1.29 is 27.3 Å². The summed E-state index contributed by atoms with van der Waals surface area (Å²) in [5.41, 5.74) is 0.326. The number of hydrogen-bond donors (Lipinski definition) is 2. The van der Waals surface area contributed by atoms with E-state index in [9.17, 15) is 13.2 Å². The molecule has 0 fully saturated rings. The number of hydrogen-bond acceptors (Lipinski definition) is 5. The number of anilines is 1. The fraction of sp³-hybridized carbons (Fsp3) is 0.450. The van der Waals surface area contributed by atoms with Crippen LogP contribution in [0.3, 0.4) is 0 Å². The van der Waals surface area contributed by atoms with Gasteiger partial charge in [-0.2, -0.15) is 4.31 Å². The molecule has 1 atom stereocenters. The molecule has 2 rings (SSSR count). The van der Waals surface area contributed by atoms with Crippen LogP contribution >= 0.6 is 0 Å². The Kier molecular flexibility index (Phi) is 7.83. The largest absolute Gasteiger partial charge is 0.495 e. The third-order valence-corrected chi connectivity index (χ3v) is 6.57. The standard InChI is InChI=1S/C20H29N3O5S/c1-6-23(7-2)29(25,26)17-10-11-19(27-5)18(12-17)21-20(24)14-22(4)13-16-9-8-15(3)28-16/h8-12H,6-7,13-14H2,1-5H3,(H,21,24)/p+1. The van der Waals surface area contributed by atoms with E-state index in [1.54, 1.807) is 19.9 Å². The van der Waals surface area contributed by atoms with Gasteiger partial charge in [-0.05, 0) is 37.3 Å². The van der Waals surface area contributed by atoms with Crippen molar-refractivity contribution in [3.05, 3.63) is 41.9 Å². The lowest BCUT2D eigenvalue weighted by Gasteiger charge is -2.20. The maximum Gasteiger partial charge on any atom is 0.279 e. The number of carbonyl (C=O) groups is 1. The molecule has 29 heavy (non-hydrogen) atoms. The first-order valence-electron chi connectivity index (χ1n) is 9.55. The summed E-state index contributed by atoms with van der Waals surface area (Å²) in [7, 11) is -0.280. The summed E-state index contributed by atoms with van der Waals surface area (Å²) in [5.74, 6) is 1.78. The first-order valence-corrected chi connectivity index (χ1v) is 11.0. The van der Waals surface area contributed by atoms with Crippen molar-refractivity contribution in [2.75, 3.05) is 39.1 Å². The minimum absolute atomic E-state index is 0.115. The molecular formula is C20H30N3O5S+. The van der Waals surface area contributed by atoms with Gasteiger partial charge in [0.15, 0.2) is 12.3 Å². The average molecular weight is 425 g/mol. The highest BCUT2D eigenvalue weighted by Gasteiger charge is 2.23. The van der Waals surface area contributed by atoms with E-state index in [0.29, 0.717) is 31.1 Å². The number of likely N-dealkylation sites (N-methyl/N-ethyl adjacent to an activating group) is 1. The summed E-state index contributed by atoms with van der Waals surface area (Å²) in [5, 5.41) is 2.77. The zero-order valence-corrected chi connectivity index (χ0v) is 18.4. The van der Waals surface area contributed by atoms with Gasteiger partial charge >= 0.3 is 0 Å². The van der Waals surface area contributed by atoms with Crippen LogP contribution < -0.4 is 15.0 Å². The Bertz CT molecular complexity index is 935. The number of sulfonamides is 1. The van der Waals surface area contributed by atoms with Gasteiger partial charge in [-0.3, -0.25) is 4.79 Å². The number of rotatable bonds is 10. The molecule has 1 amide bonds. The molecule has 0 bridgehead atoms. The second-order valence-electron chi connectivity index (χ2n) is 6.82. The summed E-state index contributed by atoms with van der Waals surface area (Å²) in [6.07, 6.45) is 0. The third kappa shape index (κ3) is 5.81. The molecule has 1 aromatic carbocycles. The summed E-state index contributed by atoms with van der Waals surface area (Å²) < 4.78 is 37.7. The fourth-order valence-electron chi connectivity index (χ4n) is 3.07. The van der Waals surface area contributed by atoms with Crippen LogP contribution in [0.1, 0.15) is 25.4 Å². The average Bonchev–Trinajstić information content (AvgIpc) is 3.06. The second-order valence-corrected chi connectivity index (χ2v) is 8.76. The van der Waals surface area contributed by atoms with Crippen molar-refractivity contribution in [1.29, 1.82) is 0 Å². The number of aryl methyl sites for hydroxylation is 1. The highest BCUT2D eigenvalue weighted by Crippen LogP contribution is 2.28. The number of quaternary nitrogens is 1. The van der Waals surface area contributed by atoms with E-state index in [0.717, 1.165) is 16.4 Å². The van der Waals surface area contributed by atoms with Gasteiger partial charge in [-0.15, -0.1) is 0 Å². The molecule has 9 heteroatoms. The zero-order valence-electron chi connectivity index (χ0n) is 17.6. The summed E-state index contributed by atoms with van der Waals surface area (Å²) >= 11 is 0. The lowest BCUT2D eigenvalue weighted by Crippen LogP contribution is -3.08. The molecule has 0 saturated carbocycles. The van der Waals surface area contributed by atoms with Crippen molar-refractivity contribution >= 4 is 21.6 Å². The minimum Gasteiger partial charge on any atom is -0.495 e. The van der Waals surface area contributed by atoms with Crippen molar-refractivity contribution in [2.24, 2.45) is 0 Å². The molecule has 160 valence electrons. The molecular weight excluding hydrogens is 394 g/mol. The maximum atomic E-state index is 12.8. The Balaban J connectivity index is 2.15. The van der Waals surface area contributed by atoms with Crippen molar-refractivity contribution in [3.8, 4) is 5.75 Å². The van der Waals surface area contributed by atoms with E-state index in [1.807, 2.05) is 26.1 Å². The van der Waals surface area contributed by atoms with Gasteiger partial charge in [-0.25, -0.2) is 8.42 Å². The van der Waals surface area contributed by atoms with Gasteiger partial charge in [0, 0.05) is 13.1 Å². The van der Waals surface area contributed by atoms with Crippen LogP contribution in [0.2, 0.25) is 0 Å². The maximum absolute atomic E-state index is 12.8. The molecule has 1 heterocycles. The van der Waals surface area contributed by atoms with E-state index < -0.39 is 10.0 Å². The first kappa shape index (κ1) is 22.9. The van der Waals surface area contributed by atoms with Crippen LogP contribution in [0.5, 0.6) is 5.75 Å². The molecule has 0 aliphatic rings. The van der Waals surface area contributed by atoms with Crippen LogP contribution in [-0.2, 0) is 21.4 Å².